The molecule has 2 atom stereocenters. The molecule has 0 saturated heterocycles. The van der Waals surface area contributed by atoms with Crippen LogP contribution in [0.25, 0.3) is 0 Å². The Hall–Kier alpha value is -0.480. The van der Waals surface area contributed by atoms with Gasteiger partial charge in [0.2, 0.25) is 0 Å². The highest BCUT2D eigenvalue weighted by Crippen LogP contribution is 2.29. The van der Waals surface area contributed by atoms with Crippen molar-refractivity contribution < 1.29 is 5.11 Å². The highest BCUT2D eigenvalue weighted by molar-refractivity contribution is 7.05. The topological polar surface area (TPSA) is 46.0 Å². The van der Waals surface area contributed by atoms with Crippen molar-refractivity contribution >= 4 is 11.5 Å². The van der Waals surface area contributed by atoms with Crippen LogP contribution in [0.3, 0.4) is 0 Å². The molecule has 3 nitrogen and oxygen atoms in total. The van der Waals surface area contributed by atoms with E-state index in [1.807, 2.05) is 0 Å². The number of aromatic nitrogens is 2. The fourth-order valence-electron chi connectivity index (χ4n) is 1.72. The standard InChI is InChI=1S/C11H20N2OS/c1-4-6-8(3)10(14)11-9(7-5-2)12-13-15-11/h8,10,14H,4-7H2,1-3H3. The average molecular weight is 228 g/mol. The highest BCUT2D eigenvalue weighted by Gasteiger charge is 2.21. The predicted octanol–water partition coefficient (Wildman–Crippen LogP) is 2.96. The van der Waals surface area contributed by atoms with Gasteiger partial charge in [-0.3, -0.25) is 0 Å². The monoisotopic (exact) mass is 228 g/mol. The van der Waals surface area contributed by atoms with Gasteiger partial charge in [-0.15, -0.1) is 5.10 Å². The lowest BCUT2D eigenvalue weighted by molar-refractivity contribution is 0.114. The average Bonchev–Trinajstić information content (AvgIpc) is 2.66. The zero-order valence-corrected chi connectivity index (χ0v) is 10.5. The Morgan fingerprint density at radius 2 is 2.07 bits per heavy atom. The molecule has 0 radical (unpaired) electrons. The van der Waals surface area contributed by atoms with Gasteiger partial charge in [0, 0.05) is 0 Å². The Morgan fingerprint density at radius 1 is 1.33 bits per heavy atom. The Kier molecular flexibility index (Phi) is 5.19. The van der Waals surface area contributed by atoms with Crippen LogP contribution in [0.5, 0.6) is 0 Å². The summed E-state index contributed by atoms with van der Waals surface area (Å²) in [6.45, 7) is 6.34. The second-order valence-electron chi connectivity index (χ2n) is 4.04. The minimum absolute atomic E-state index is 0.299. The summed E-state index contributed by atoms with van der Waals surface area (Å²) < 4.78 is 3.94. The van der Waals surface area contributed by atoms with Gasteiger partial charge in [-0.25, -0.2) is 0 Å². The van der Waals surface area contributed by atoms with Crippen molar-refractivity contribution in [2.45, 2.75) is 52.6 Å². The molecule has 0 aliphatic heterocycles. The first-order chi connectivity index (χ1) is 7.20. The van der Waals surface area contributed by atoms with E-state index in [0.717, 1.165) is 36.3 Å². The van der Waals surface area contributed by atoms with Crippen molar-refractivity contribution in [3.8, 4) is 0 Å². The quantitative estimate of drug-likeness (QED) is 0.814. The summed E-state index contributed by atoms with van der Waals surface area (Å²) in [5.74, 6) is 0.299. The summed E-state index contributed by atoms with van der Waals surface area (Å²) in [7, 11) is 0. The molecule has 0 spiro atoms. The lowest BCUT2D eigenvalue weighted by Crippen LogP contribution is -2.09. The summed E-state index contributed by atoms with van der Waals surface area (Å²) >= 11 is 1.34. The van der Waals surface area contributed by atoms with Crippen LogP contribution in [0, 0.1) is 5.92 Å². The normalized spacial score (nSPS) is 15.2. The number of aliphatic hydroxyl groups is 1. The molecular weight excluding hydrogens is 208 g/mol. The van der Waals surface area contributed by atoms with E-state index in [2.05, 4.69) is 30.4 Å². The minimum atomic E-state index is -0.383. The first-order valence-electron chi connectivity index (χ1n) is 5.69. The van der Waals surface area contributed by atoms with Gasteiger partial charge in [-0.05, 0) is 30.3 Å². The molecule has 15 heavy (non-hydrogen) atoms. The number of rotatable bonds is 6. The van der Waals surface area contributed by atoms with E-state index < -0.39 is 0 Å². The van der Waals surface area contributed by atoms with E-state index in [9.17, 15) is 5.11 Å². The largest absolute Gasteiger partial charge is 0.387 e. The molecule has 0 aromatic carbocycles. The molecule has 1 heterocycles. The van der Waals surface area contributed by atoms with E-state index in [0.29, 0.717) is 5.92 Å². The third-order valence-corrected chi connectivity index (χ3v) is 3.46. The smallest absolute Gasteiger partial charge is 0.0942 e. The maximum absolute atomic E-state index is 10.1. The summed E-state index contributed by atoms with van der Waals surface area (Å²) in [6, 6.07) is 0. The first-order valence-corrected chi connectivity index (χ1v) is 6.47. The molecule has 0 aliphatic carbocycles. The molecule has 2 unspecified atom stereocenters. The van der Waals surface area contributed by atoms with Crippen LogP contribution < -0.4 is 0 Å². The molecular formula is C11H20N2OS. The predicted molar refractivity (Wildman–Crippen MR) is 62.9 cm³/mol. The van der Waals surface area contributed by atoms with Crippen LogP contribution in [-0.4, -0.2) is 14.7 Å². The summed E-state index contributed by atoms with van der Waals surface area (Å²) in [4.78, 5) is 0.970. The van der Waals surface area contributed by atoms with Crippen molar-refractivity contribution in [3.05, 3.63) is 10.6 Å². The number of aliphatic hydroxyl groups excluding tert-OH is 1. The van der Waals surface area contributed by atoms with Gasteiger partial charge in [0.15, 0.2) is 0 Å². The fraction of sp³-hybridized carbons (Fsp3) is 0.818. The van der Waals surface area contributed by atoms with Gasteiger partial charge < -0.3 is 5.11 Å². The molecule has 1 aromatic heterocycles. The Morgan fingerprint density at radius 3 is 2.67 bits per heavy atom. The number of hydrogen-bond acceptors (Lipinski definition) is 4. The number of hydrogen-bond donors (Lipinski definition) is 1. The maximum Gasteiger partial charge on any atom is 0.0942 e. The Labute approximate surface area is 95.7 Å². The summed E-state index contributed by atoms with van der Waals surface area (Å²) in [5.41, 5.74) is 0.984. The van der Waals surface area contributed by atoms with Gasteiger partial charge in [-0.1, -0.05) is 38.1 Å². The zero-order chi connectivity index (χ0) is 11.3. The van der Waals surface area contributed by atoms with Crippen molar-refractivity contribution in [3.63, 3.8) is 0 Å². The molecule has 86 valence electrons. The van der Waals surface area contributed by atoms with Crippen LogP contribution in [0.1, 0.15) is 56.7 Å². The van der Waals surface area contributed by atoms with Crippen molar-refractivity contribution in [1.82, 2.24) is 9.59 Å². The maximum atomic E-state index is 10.1. The fourth-order valence-corrected chi connectivity index (χ4v) is 2.54. The van der Waals surface area contributed by atoms with E-state index >= 15 is 0 Å². The van der Waals surface area contributed by atoms with E-state index in [1.54, 1.807) is 0 Å². The van der Waals surface area contributed by atoms with Gasteiger partial charge >= 0.3 is 0 Å². The van der Waals surface area contributed by atoms with Crippen molar-refractivity contribution in [2.75, 3.05) is 0 Å². The molecule has 1 aromatic rings. The summed E-state index contributed by atoms with van der Waals surface area (Å²) in [5, 5.41) is 14.2. The van der Waals surface area contributed by atoms with Crippen molar-refractivity contribution in [1.29, 1.82) is 0 Å². The van der Waals surface area contributed by atoms with E-state index in [1.165, 1.54) is 11.5 Å². The molecule has 4 heteroatoms. The highest BCUT2D eigenvalue weighted by atomic mass is 32.1. The SMILES string of the molecule is CCCc1nnsc1C(O)C(C)CCC. The minimum Gasteiger partial charge on any atom is -0.387 e. The molecule has 0 saturated carbocycles. The summed E-state index contributed by atoms with van der Waals surface area (Å²) in [6.07, 6.45) is 3.74. The van der Waals surface area contributed by atoms with Gasteiger partial charge in [-0.2, -0.15) is 0 Å². The van der Waals surface area contributed by atoms with Crippen LogP contribution >= 0.6 is 11.5 Å². The number of nitrogens with zero attached hydrogens (tertiary/aromatic N) is 2. The molecule has 0 bridgehead atoms. The third kappa shape index (κ3) is 3.24. The van der Waals surface area contributed by atoms with Gasteiger partial charge in [0.1, 0.15) is 0 Å². The lowest BCUT2D eigenvalue weighted by atomic mass is 9.97. The van der Waals surface area contributed by atoms with Crippen LogP contribution in [0.15, 0.2) is 0 Å². The van der Waals surface area contributed by atoms with E-state index in [-0.39, 0.29) is 6.10 Å². The Balaban J connectivity index is 2.71. The van der Waals surface area contributed by atoms with Crippen molar-refractivity contribution in [2.24, 2.45) is 5.92 Å². The molecule has 1 rings (SSSR count). The molecule has 0 aliphatic rings. The lowest BCUT2D eigenvalue weighted by Gasteiger charge is -2.17. The zero-order valence-electron chi connectivity index (χ0n) is 9.73. The second kappa shape index (κ2) is 6.18. The molecule has 0 fully saturated rings. The molecule has 0 amide bonds. The third-order valence-electron chi connectivity index (χ3n) is 2.62. The number of aryl methyl sites for hydroxylation is 1. The van der Waals surface area contributed by atoms with E-state index in [4.69, 9.17) is 0 Å². The second-order valence-corrected chi connectivity index (χ2v) is 4.83. The van der Waals surface area contributed by atoms with Crippen LogP contribution in [-0.2, 0) is 6.42 Å². The van der Waals surface area contributed by atoms with Gasteiger partial charge in [0.25, 0.3) is 0 Å². The Bertz CT molecular complexity index is 288. The van der Waals surface area contributed by atoms with Crippen LogP contribution in [0.4, 0.5) is 0 Å². The first kappa shape index (κ1) is 12.6. The van der Waals surface area contributed by atoms with Crippen LogP contribution in [0.2, 0.25) is 0 Å². The molecule has 1 N–H and O–H groups in total. The van der Waals surface area contributed by atoms with Gasteiger partial charge in [0.05, 0.1) is 16.7 Å².